The SMILES string of the molecule is CCc1cn(S(=O)(=O)c2cccc(F)c2)c(-c2cc(F)c(F)cc2F)n1. The predicted molar refractivity (Wildman–Crippen MR) is 85.9 cm³/mol. The van der Waals surface area contributed by atoms with E-state index >= 15 is 0 Å². The van der Waals surface area contributed by atoms with Gasteiger partial charge in [-0.05, 0) is 30.7 Å². The molecule has 0 fully saturated rings. The van der Waals surface area contributed by atoms with Crippen LogP contribution in [0.5, 0.6) is 0 Å². The third-order valence-corrected chi connectivity index (χ3v) is 5.34. The van der Waals surface area contributed by atoms with Gasteiger partial charge in [0.25, 0.3) is 10.0 Å². The first-order chi connectivity index (χ1) is 12.2. The number of benzene rings is 2. The second-order valence-electron chi connectivity index (χ2n) is 5.41. The van der Waals surface area contributed by atoms with E-state index in [2.05, 4.69) is 4.98 Å². The standard InChI is InChI=1S/C17H12F4N2O2S/c1-2-11-9-23(26(24,25)12-5-3-4-10(18)6-12)17(22-11)13-7-15(20)16(21)8-14(13)19/h3-9H,2H2,1H3. The summed E-state index contributed by atoms with van der Waals surface area (Å²) in [5, 5.41) is 0. The molecule has 0 amide bonds. The summed E-state index contributed by atoms with van der Waals surface area (Å²) in [6, 6.07) is 5.08. The van der Waals surface area contributed by atoms with Gasteiger partial charge in [0.2, 0.25) is 0 Å². The maximum Gasteiger partial charge on any atom is 0.269 e. The van der Waals surface area contributed by atoms with Gasteiger partial charge in [-0.2, -0.15) is 0 Å². The van der Waals surface area contributed by atoms with Crippen LogP contribution < -0.4 is 0 Å². The Labute approximate surface area is 146 Å². The third kappa shape index (κ3) is 3.10. The summed E-state index contributed by atoms with van der Waals surface area (Å²) in [5.41, 5.74) is -0.243. The predicted octanol–water partition coefficient (Wildman–Crippen LogP) is 3.91. The molecular formula is C17H12F4N2O2S. The van der Waals surface area contributed by atoms with Gasteiger partial charge in [0.05, 0.1) is 16.2 Å². The molecule has 0 atom stereocenters. The Morgan fingerprint density at radius 1 is 1.00 bits per heavy atom. The third-order valence-electron chi connectivity index (χ3n) is 3.69. The van der Waals surface area contributed by atoms with E-state index in [9.17, 15) is 26.0 Å². The van der Waals surface area contributed by atoms with Gasteiger partial charge in [0.1, 0.15) is 11.6 Å². The monoisotopic (exact) mass is 384 g/mol. The van der Waals surface area contributed by atoms with Crippen molar-refractivity contribution in [2.75, 3.05) is 0 Å². The fourth-order valence-electron chi connectivity index (χ4n) is 2.38. The molecule has 2 aromatic carbocycles. The second-order valence-corrected chi connectivity index (χ2v) is 7.23. The van der Waals surface area contributed by atoms with Crippen LogP contribution in [0.15, 0.2) is 47.5 Å². The maximum absolute atomic E-state index is 14.1. The molecule has 4 nitrogen and oxygen atoms in total. The Morgan fingerprint density at radius 3 is 2.35 bits per heavy atom. The van der Waals surface area contributed by atoms with Crippen LogP contribution in [-0.2, 0) is 16.4 Å². The number of aromatic nitrogens is 2. The van der Waals surface area contributed by atoms with Crippen molar-refractivity contribution in [2.24, 2.45) is 0 Å². The van der Waals surface area contributed by atoms with E-state index in [0.717, 1.165) is 24.4 Å². The molecule has 0 aliphatic carbocycles. The van der Waals surface area contributed by atoms with Crippen LogP contribution >= 0.6 is 0 Å². The van der Waals surface area contributed by atoms with Gasteiger partial charge in [0, 0.05) is 12.3 Å². The van der Waals surface area contributed by atoms with Crippen LogP contribution in [0, 0.1) is 23.3 Å². The Hall–Kier alpha value is -2.68. The highest BCUT2D eigenvalue weighted by Crippen LogP contribution is 2.28. The van der Waals surface area contributed by atoms with Crippen LogP contribution in [0.2, 0.25) is 0 Å². The molecule has 0 aliphatic rings. The average Bonchev–Trinajstić information content (AvgIpc) is 3.03. The highest BCUT2D eigenvalue weighted by atomic mass is 32.2. The molecular weight excluding hydrogens is 372 g/mol. The van der Waals surface area contributed by atoms with Crippen molar-refractivity contribution in [3.05, 3.63) is 71.6 Å². The highest BCUT2D eigenvalue weighted by Gasteiger charge is 2.25. The zero-order valence-electron chi connectivity index (χ0n) is 13.4. The molecule has 0 aliphatic heterocycles. The van der Waals surface area contributed by atoms with Crippen molar-refractivity contribution in [3.8, 4) is 11.4 Å². The number of imidazole rings is 1. The van der Waals surface area contributed by atoms with Gasteiger partial charge in [-0.3, -0.25) is 0 Å². The van der Waals surface area contributed by atoms with Gasteiger partial charge in [-0.15, -0.1) is 0 Å². The van der Waals surface area contributed by atoms with Crippen molar-refractivity contribution in [1.82, 2.24) is 8.96 Å². The van der Waals surface area contributed by atoms with E-state index in [4.69, 9.17) is 0 Å². The first kappa shape index (κ1) is 18.1. The van der Waals surface area contributed by atoms with Crippen molar-refractivity contribution < 1.29 is 26.0 Å². The molecule has 0 saturated carbocycles. The van der Waals surface area contributed by atoms with E-state index in [1.165, 1.54) is 6.07 Å². The van der Waals surface area contributed by atoms with Crippen LogP contribution in [0.4, 0.5) is 17.6 Å². The summed E-state index contributed by atoms with van der Waals surface area (Å²) in [7, 11) is -4.34. The molecule has 0 spiro atoms. The average molecular weight is 384 g/mol. The Morgan fingerprint density at radius 2 is 1.69 bits per heavy atom. The first-order valence-electron chi connectivity index (χ1n) is 7.48. The lowest BCUT2D eigenvalue weighted by atomic mass is 10.2. The number of rotatable bonds is 4. The molecule has 0 unspecified atom stereocenters. The smallest absolute Gasteiger partial charge is 0.232 e. The lowest BCUT2D eigenvalue weighted by Gasteiger charge is -2.10. The van der Waals surface area contributed by atoms with Gasteiger partial charge in [-0.1, -0.05) is 13.0 Å². The quantitative estimate of drug-likeness (QED) is 0.506. The van der Waals surface area contributed by atoms with Crippen LogP contribution in [0.25, 0.3) is 11.4 Å². The Bertz CT molecular complexity index is 1090. The van der Waals surface area contributed by atoms with Crippen LogP contribution in [-0.4, -0.2) is 17.4 Å². The molecule has 3 aromatic rings. The molecule has 0 saturated heterocycles. The molecule has 136 valence electrons. The van der Waals surface area contributed by atoms with Gasteiger partial charge < -0.3 is 0 Å². The normalized spacial score (nSPS) is 11.7. The molecule has 1 heterocycles. The van der Waals surface area contributed by atoms with E-state index in [-0.39, 0.29) is 10.6 Å². The number of aryl methyl sites for hydroxylation is 1. The fourth-order valence-corrected chi connectivity index (χ4v) is 3.74. The van der Waals surface area contributed by atoms with Crippen molar-refractivity contribution in [3.63, 3.8) is 0 Å². The Kier molecular flexibility index (Phi) is 4.57. The van der Waals surface area contributed by atoms with Gasteiger partial charge in [-0.25, -0.2) is 34.9 Å². The van der Waals surface area contributed by atoms with E-state index < -0.39 is 44.7 Å². The van der Waals surface area contributed by atoms with Crippen LogP contribution in [0.3, 0.4) is 0 Å². The summed E-state index contributed by atoms with van der Waals surface area (Å²) in [6.45, 7) is 1.69. The molecule has 0 bridgehead atoms. The lowest BCUT2D eigenvalue weighted by molar-refractivity contribution is 0.496. The Balaban J connectivity index is 2.27. The summed E-state index contributed by atoms with van der Waals surface area (Å²) < 4.78 is 80.6. The molecule has 9 heteroatoms. The molecule has 3 rings (SSSR count). The number of hydrogen-bond acceptors (Lipinski definition) is 3. The topological polar surface area (TPSA) is 52.0 Å². The highest BCUT2D eigenvalue weighted by molar-refractivity contribution is 7.90. The van der Waals surface area contributed by atoms with E-state index in [0.29, 0.717) is 22.5 Å². The largest absolute Gasteiger partial charge is 0.269 e. The zero-order valence-corrected chi connectivity index (χ0v) is 14.2. The second kappa shape index (κ2) is 6.56. The number of halogens is 4. The fraction of sp³-hybridized carbons (Fsp3) is 0.118. The van der Waals surface area contributed by atoms with Gasteiger partial charge >= 0.3 is 0 Å². The molecule has 1 aromatic heterocycles. The first-order valence-corrected chi connectivity index (χ1v) is 8.92. The van der Waals surface area contributed by atoms with Crippen molar-refractivity contribution in [2.45, 2.75) is 18.2 Å². The van der Waals surface area contributed by atoms with Gasteiger partial charge in [0.15, 0.2) is 17.5 Å². The summed E-state index contributed by atoms with van der Waals surface area (Å²) >= 11 is 0. The number of nitrogens with zero attached hydrogens (tertiary/aromatic N) is 2. The maximum atomic E-state index is 14.1. The lowest BCUT2D eigenvalue weighted by Crippen LogP contribution is -2.14. The van der Waals surface area contributed by atoms with Crippen molar-refractivity contribution in [1.29, 1.82) is 0 Å². The van der Waals surface area contributed by atoms with E-state index in [1.807, 2.05) is 0 Å². The van der Waals surface area contributed by atoms with Crippen LogP contribution in [0.1, 0.15) is 12.6 Å². The summed E-state index contributed by atoms with van der Waals surface area (Å²) in [5.74, 6) is -5.14. The summed E-state index contributed by atoms with van der Waals surface area (Å²) in [4.78, 5) is 3.62. The molecule has 26 heavy (non-hydrogen) atoms. The minimum Gasteiger partial charge on any atom is -0.232 e. The molecule has 0 radical (unpaired) electrons. The molecule has 0 N–H and O–H groups in total. The van der Waals surface area contributed by atoms with Crippen molar-refractivity contribution >= 4 is 10.0 Å². The van der Waals surface area contributed by atoms with E-state index in [1.54, 1.807) is 6.92 Å². The minimum absolute atomic E-state index is 0.282. The zero-order chi connectivity index (χ0) is 19.1. The summed E-state index contributed by atoms with van der Waals surface area (Å²) in [6.07, 6.45) is 1.44. The number of hydrogen-bond donors (Lipinski definition) is 0. The minimum atomic E-state index is -4.34.